The number of nitrogens with zero attached hydrogens (tertiary/aromatic N) is 2. The molecule has 5 nitrogen and oxygen atoms in total. The van der Waals surface area contributed by atoms with E-state index in [1.807, 2.05) is 4.90 Å². The summed E-state index contributed by atoms with van der Waals surface area (Å²) in [4.78, 5) is 26.9. The van der Waals surface area contributed by atoms with Crippen molar-refractivity contribution in [2.75, 3.05) is 20.1 Å². The number of carbonyl (C=O) groups excluding carboxylic acids is 2. The van der Waals surface area contributed by atoms with Crippen molar-refractivity contribution in [1.82, 2.24) is 15.1 Å². The molecule has 0 aliphatic carbocycles. The number of hydrogen-bond acceptors (Lipinski definition) is 3. The molecular formula is C11H19N3O2. The van der Waals surface area contributed by atoms with Gasteiger partial charge in [0.25, 0.3) is 0 Å². The number of carbonyl (C=O) groups is 2. The molecule has 2 saturated heterocycles. The van der Waals surface area contributed by atoms with Gasteiger partial charge in [0.2, 0.25) is 5.91 Å². The second-order valence-electron chi connectivity index (χ2n) is 4.80. The van der Waals surface area contributed by atoms with Gasteiger partial charge in [-0.3, -0.25) is 10.1 Å². The van der Waals surface area contributed by atoms with Gasteiger partial charge in [0.05, 0.1) is 0 Å². The summed E-state index contributed by atoms with van der Waals surface area (Å²) in [6, 6.07) is 0.585. The van der Waals surface area contributed by atoms with E-state index >= 15 is 0 Å². The lowest BCUT2D eigenvalue weighted by Crippen LogP contribution is -2.56. The van der Waals surface area contributed by atoms with Crippen molar-refractivity contribution in [3.8, 4) is 0 Å². The van der Waals surface area contributed by atoms with Crippen molar-refractivity contribution in [2.45, 2.75) is 38.3 Å². The summed E-state index contributed by atoms with van der Waals surface area (Å²) in [6.07, 6.45) is 2.44. The Morgan fingerprint density at radius 3 is 2.69 bits per heavy atom. The third kappa shape index (κ3) is 2.19. The molecule has 2 aliphatic rings. The quantitative estimate of drug-likeness (QED) is 0.703. The lowest BCUT2D eigenvalue weighted by atomic mass is 9.97. The van der Waals surface area contributed by atoms with Crippen molar-refractivity contribution >= 4 is 11.9 Å². The van der Waals surface area contributed by atoms with Crippen LogP contribution in [0, 0.1) is 0 Å². The molecule has 16 heavy (non-hydrogen) atoms. The molecular weight excluding hydrogens is 206 g/mol. The Morgan fingerprint density at radius 1 is 1.31 bits per heavy atom. The molecule has 2 rings (SSSR count). The molecule has 3 amide bonds. The van der Waals surface area contributed by atoms with Gasteiger partial charge < -0.3 is 9.80 Å². The van der Waals surface area contributed by atoms with Crippen LogP contribution < -0.4 is 5.32 Å². The van der Waals surface area contributed by atoms with Gasteiger partial charge in [-0.1, -0.05) is 0 Å². The van der Waals surface area contributed by atoms with Crippen LogP contribution in [-0.4, -0.2) is 54.0 Å². The molecule has 2 unspecified atom stereocenters. The molecule has 5 heteroatoms. The van der Waals surface area contributed by atoms with Gasteiger partial charge in [-0.15, -0.1) is 0 Å². The van der Waals surface area contributed by atoms with Crippen molar-refractivity contribution in [3.05, 3.63) is 0 Å². The topological polar surface area (TPSA) is 52.7 Å². The Hall–Kier alpha value is -1.10. The van der Waals surface area contributed by atoms with Crippen molar-refractivity contribution in [1.29, 1.82) is 0 Å². The Labute approximate surface area is 95.8 Å². The van der Waals surface area contributed by atoms with Crippen LogP contribution in [0.25, 0.3) is 0 Å². The number of likely N-dealkylation sites (tertiary alicyclic amines) is 1. The summed E-state index contributed by atoms with van der Waals surface area (Å²) < 4.78 is 0. The van der Waals surface area contributed by atoms with E-state index in [0.29, 0.717) is 25.0 Å². The smallest absolute Gasteiger partial charge is 0.321 e. The van der Waals surface area contributed by atoms with Gasteiger partial charge in [-0.25, -0.2) is 4.79 Å². The Balaban J connectivity index is 1.97. The van der Waals surface area contributed by atoms with E-state index in [9.17, 15) is 9.59 Å². The summed E-state index contributed by atoms with van der Waals surface area (Å²) in [6.45, 7) is 3.77. The van der Waals surface area contributed by atoms with Gasteiger partial charge in [-0.2, -0.15) is 0 Å². The zero-order chi connectivity index (χ0) is 11.7. The molecule has 0 aromatic carbocycles. The predicted molar refractivity (Wildman–Crippen MR) is 60.0 cm³/mol. The van der Waals surface area contributed by atoms with E-state index in [-0.39, 0.29) is 11.9 Å². The first-order chi connectivity index (χ1) is 7.58. The van der Waals surface area contributed by atoms with E-state index in [2.05, 4.69) is 24.2 Å². The second-order valence-corrected chi connectivity index (χ2v) is 4.80. The fraction of sp³-hybridized carbons (Fsp3) is 0.818. The SMILES string of the molecule is CC1CC(N2CCC(=O)NC2=O)CCN1C. The average molecular weight is 225 g/mol. The van der Waals surface area contributed by atoms with Gasteiger partial charge >= 0.3 is 6.03 Å². The molecule has 0 aromatic rings. The van der Waals surface area contributed by atoms with Crippen molar-refractivity contribution in [2.24, 2.45) is 0 Å². The van der Waals surface area contributed by atoms with E-state index in [0.717, 1.165) is 19.4 Å². The number of hydrogen-bond donors (Lipinski definition) is 1. The van der Waals surface area contributed by atoms with Crippen LogP contribution in [0.15, 0.2) is 0 Å². The van der Waals surface area contributed by atoms with Crippen LogP contribution in [0.4, 0.5) is 4.79 Å². The number of amides is 3. The van der Waals surface area contributed by atoms with E-state index < -0.39 is 0 Å². The molecule has 0 aromatic heterocycles. The molecule has 2 fully saturated rings. The third-order valence-corrected chi connectivity index (χ3v) is 3.71. The van der Waals surface area contributed by atoms with Gasteiger partial charge in [0, 0.05) is 31.6 Å². The lowest BCUT2D eigenvalue weighted by molar-refractivity contribution is -0.121. The zero-order valence-electron chi connectivity index (χ0n) is 9.90. The highest BCUT2D eigenvalue weighted by atomic mass is 16.2. The highest BCUT2D eigenvalue weighted by molar-refractivity contribution is 5.96. The minimum absolute atomic E-state index is 0.151. The molecule has 2 atom stereocenters. The van der Waals surface area contributed by atoms with Crippen molar-refractivity contribution < 1.29 is 9.59 Å². The Bertz CT molecular complexity index is 306. The fourth-order valence-corrected chi connectivity index (χ4v) is 2.47. The molecule has 0 saturated carbocycles. The summed E-state index contributed by atoms with van der Waals surface area (Å²) in [7, 11) is 2.11. The van der Waals surface area contributed by atoms with Crippen LogP contribution in [0.5, 0.6) is 0 Å². The normalized spacial score (nSPS) is 32.8. The maximum Gasteiger partial charge on any atom is 0.324 e. The molecule has 2 aliphatic heterocycles. The summed E-state index contributed by atoms with van der Waals surface area (Å²) >= 11 is 0. The average Bonchev–Trinajstić information content (AvgIpc) is 2.22. The number of nitrogens with one attached hydrogen (secondary N) is 1. The molecule has 0 bridgehead atoms. The first-order valence-corrected chi connectivity index (χ1v) is 5.88. The summed E-state index contributed by atoms with van der Waals surface area (Å²) in [5.41, 5.74) is 0. The first kappa shape index (κ1) is 11.4. The predicted octanol–water partition coefficient (Wildman–Crippen LogP) is 0.411. The number of piperidine rings is 1. The summed E-state index contributed by atoms with van der Waals surface area (Å²) in [5.74, 6) is -0.151. The van der Waals surface area contributed by atoms with Crippen LogP contribution >= 0.6 is 0 Å². The number of rotatable bonds is 1. The van der Waals surface area contributed by atoms with E-state index in [1.54, 1.807) is 0 Å². The fourth-order valence-electron chi connectivity index (χ4n) is 2.47. The van der Waals surface area contributed by atoms with Gasteiger partial charge in [0.15, 0.2) is 0 Å². The Kier molecular flexibility index (Phi) is 3.14. The van der Waals surface area contributed by atoms with Crippen LogP contribution in [0.2, 0.25) is 0 Å². The molecule has 0 spiro atoms. The van der Waals surface area contributed by atoms with Crippen LogP contribution in [0.1, 0.15) is 26.2 Å². The lowest BCUT2D eigenvalue weighted by Gasteiger charge is -2.41. The summed E-state index contributed by atoms with van der Waals surface area (Å²) in [5, 5.41) is 2.39. The van der Waals surface area contributed by atoms with Crippen LogP contribution in [0.3, 0.4) is 0 Å². The molecule has 0 radical (unpaired) electrons. The van der Waals surface area contributed by atoms with Gasteiger partial charge in [0.1, 0.15) is 0 Å². The maximum atomic E-state index is 11.7. The zero-order valence-corrected chi connectivity index (χ0v) is 9.90. The second kappa shape index (κ2) is 4.41. The first-order valence-electron chi connectivity index (χ1n) is 5.88. The molecule has 2 heterocycles. The molecule has 1 N–H and O–H groups in total. The maximum absolute atomic E-state index is 11.7. The standard InChI is InChI=1S/C11H19N3O2/c1-8-7-9(3-5-13(8)2)14-6-4-10(15)12-11(14)16/h8-9H,3-7H2,1-2H3,(H,12,15,16). The number of imide groups is 1. The minimum atomic E-state index is -0.210. The van der Waals surface area contributed by atoms with E-state index in [4.69, 9.17) is 0 Å². The molecule has 90 valence electrons. The van der Waals surface area contributed by atoms with Gasteiger partial charge in [-0.05, 0) is 26.8 Å². The van der Waals surface area contributed by atoms with Crippen molar-refractivity contribution in [3.63, 3.8) is 0 Å². The van der Waals surface area contributed by atoms with E-state index in [1.165, 1.54) is 0 Å². The highest BCUT2D eigenvalue weighted by Gasteiger charge is 2.33. The third-order valence-electron chi connectivity index (χ3n) is 3.71. The largest absolute Gasteiger partial charge is 0.324 e. The minimum Gasteiger partial charge on any atom is -0.321 e. The number of urea groups is 1. The van der Waals surface area contributed by atoms with Crippen LogP contribution in [-0.2, 0) is 4.79 Å². The highest BCUT2D eigenvalue weighted by Crippen LogP contribution is 2.21. The monoisotopic (exact) mass is 225 g/mol. The Morgan fingerprint density at radius 2 is 2.06 bits per heavy atom.